The van der Waals surface area contributed by atoms with Crippen LogP contribution in [0.4, 0.5) is 8.78 Å². The predicted octanol–water partition coefficient (Wildman–Crippen LogP) is 2.09. The average Bonchev–Trinajstić information content (AvgIpc) is 2.71. The number of hydrogen-bond donors (Lipinski definition) is 1. The van der Waals surface area contributed by atoms with Crippen LogP contribution in [0.5, 0.6) is 0 Å². The van der Waals surface area contributed by atoms with Crippen molar-refractivity contribution in [3.8, 4) is 0 Å². The summed E-state index contributed by atoms with van der Waals surface area (Å²) in [6.45, 7) is 1.52. The average molecular weight is 238 g/mol. The molecule has 3 nitrogen and oxygen atoms in total. The van der Waals surface area contributed by atoms with E-state index in [1.807, 2.05) is 0 Å². The van der Waals surface area contributed by atoms with Crippen molar-refractivity contribution in [3.63, 3.8) is 0 Å². The van der Waals surface area contributed by atoms with Gasteiger partial charge in [0.25, 0.3) is 0 Å². The molecule has 0 saturated carbocycles. The van der Waals surface area contributed by atoms with Gasteiger partial charge in [-0.2, -0.15) is 0 Å². The van der Waals surface area contributed by atoms with Crippen molar-refractivity contribution in [2.75, 3.05) is 0 Å². The molecule has 1 heterocycles. The van der Waals surface area contributed by atoms with Gasteiger partial charge in [-0.05, 0) is 18.6 Å². The van der Waals surface area contributed by atoms with Gasteiger partial charge in [0.15, 0.2) is 0 Å². The van der Waals surface area contributed by atoms with E-state index >= 15 is 0 Å². The van der Waals surface area contributed by atoms with Crippen LogP contribution in [0.3, 0.4) is 0 Å². The number of aliphatic hydroxyl groups is 1. The lowest BCUT2D eigenvalue weighted by molar-refractivity contribution is 0.204. The molecular weight excluding hydrogens is 226 g/mol. The van der Waals surface area contributed by atoms with Gasteiger partial charge in [-0.3, -0.25) is 0 Å². The van der Waals surface area contributed by atoms with E-state index in [0.29, 0.717) is 0 Å². The number of nitrogens with zero attached hydrogens (tertiary/aromatic N) is 2. The quantitative estimate of drug-likeness (QED) is 0.870. The molecule has 2 rings (SSSR count). The van der Waals surface area contributed by atoms with Crippen LogP contribution in [0, 0.1) is 18.6 Å². The SMILES string of the molecule is Cc1ccc(F)c(C(O)c2cn(C)cn2)c1F. The summed E-state index contributed by atoms with van der Waals surface area (Å²) in [6.07, 6.45) is 1.59. The second kappa shape index (κ2) is 4.25. The van der Waals surface area contributed by atoms with Crippen molar-refractivity contribution in [1.82, 2.24) is 9.55 Å². The minimum absolute atomic E-state index is 0.218. The summed E-state index contributed by atoms with van der Waals surface area (Å²) < 4.78 is 28.9. The molecule has 1 unspecified atom stereocenters. The maximum Gasteiger partial charge on any atom is 0.135 e. The lowest BCUT2D eigenvalue weighted by atomic mass is 10.0. The normalized spacial score (nSPS) is 12.8. The molecule has 0 radical (unpaired) electrons. The molecule has 17 heavy (non-hydrogen) atoms. The van der Waals surface area contributed by atoms with Crippen LogP contribution in [0.15, 0.2) is 24.7 Å². The Morgan fingerprint density at radius 3 is 2.65 bits per heavy atom. The molecule has 1 N–H and O–H groups in total. The minimum Gasteiger partial charge on any atom is -0.382 e. The van der Waals surface area contributed by atoms with Crippen LogP contribution < -0.4 is 0 Å². The molecule has 1 aromatic heterocycles. The van der Waals surface area contributed by atoms with E-state index in [0.717, 1.165) is 6.07 Å². The first-order valence-corrected chi connectivity index (χ1v) is 5.11. The van der Waals surface area contributed by atoms with Crippen LogP contribution in [0.1, 0.15) is 22.9 Å². The van der Waals surface area contributed by atoms with Gasteiger partial charge >= 0.3 is 0 Å². The van der Waals surface area contributed by atoms with E-state index < -0.39 is 17.7 Å². The number of aryl methyl sites for hydroxylation is 2. The fourth-order valence-corrected chi connectivity index (χ4v) is 1.65. The molecule has 0 aliphatic rings. The number of aliphatic hydroxyl groups excluding tert-OH is 1. The summed E-state index contributed by atoms with van der Waals surface area (Å²) in [4.78, 5) is 3.88. The fraction of sp³-hybridized carbons (Fsp3) is 0.250. The Hall–Kier alpha value is -1.75. The third-order valence-electron chi connectivity index (χ3n) is 2.60. The van der Waals surface area contributed by atoms with Crippen molar-refractivity contribution in [2.45, 2.75) is 13.0 Å². The van der Waals surface area contributed by atoms with Gasteiger partial charge in [0.2, 0.25) is 0 Å². The van der Waals surface area contributed by atoms with Gasteiger partial charge in [0, 0.05) is 13.2 Å². The number of rotatable bonds is 2. The summed E-state index contributed by atoms with van der Waals surface area (Å²) in [6, 6.07) is 2.47. The number of hydrogen-bond acceptors (Lipinski definition) is 2. The van der Waals surface area contributed by atoms with Crippen LogP contribution >= 0.6 is 0 Å². The van der Waals surface area contributed by atoms with E-state index in [9.17, 15) is 13.9 Å². The van der Waals surface area contributed by atoms with Gasteiger partial charge in [0.05, 0.1) is 17.6 Å². The van der Waals surface area contributed by atoms with Crippen LogP contribution in [0.25, 0.3) is 0 Å². The van der Waals surface area contributed by atoms with E-state index in [1.165, 1.54) is 25.5 Å². The molecule has 0 saturated heterocycles. The van der Waals surface area contributed by atoms with E-state index in [-0.39, 0.29) is 16.8 Å². The Bertz CT molecular complexity index is 551. The number of imidazole rings is 1. The summed E-state index contributed by atoms with van der Waals surface area (Å²) >= 11 is 0. The highest BCUT2D eigenvalue weighted by Crippen LogP contribution is 2.27. The van der Waals surface area contributed by atoms with Crippen LogP contribution in [-0.4, -0.2) is 14.7 Å². The van der Waals surface area contributed by atoms with Gasteiger partial charge in [-0.1, -0.05) is 6.07 Å². The minimum atomic E-state index is -1.39. The first-order chi connectivity index (χ1) is 8.00. The first-order valence-electron chi connectivity index (χ1n) is 5.11. The smallest absolute Gasteiger partial charge is 0.135 e. The second-order valence-corrected chi connectivity index (χ2v) is 3.96. The van der Waals surface area contributed by atoms with Crippen LogP contribution in [-0.2, 0) is 7.05 Å². The highest BCUT2D eigenvalue weighted by Gasteiger charge is 2.22. The lowest BCUT2D eigenvalue weighted by Crippen LogP contribution is -2.07. The zero-order valence-electron chi connectivity index (χ0n) is 9.48. The van der Waals surface area contributed by atoms with Crippen molar-refractivity contribution >= 4 is 0 Å². The lowest BCUT2D eigenvalue weighted by Gasteiger charge is -2.12. The molecule has 0 fully saturated rings. The topological polar surface area (TPSA) is 38.0 Å². The molecular formula is C12H12F2N2O. The van der Waals surface area contributed by atoms with Crippen molar-refractivity contribution < 1.29 is 13.9 Å². The Balaban J connectivity index is 2.50. The molecule has 90 valence electrons. The summed E-state index contributed by atoms with van der Waals surface area (Å²) in [7, 11) is 1.71. The number of aromatic nitrogens is 2. The Labute approximate surface area is 97.3 Å². The van der Waals surface area contributed by atoms with Crippen molar-refractivity contribution in [1.29, 1.82) is 0 Å². The Kier molecular flexibility index (Phi) is 2.93. The zero-order valence-corrected chi connectivity index (χ0v) is 9.48. The highest BCUT2D eigenvalue weighted by molar-refractivity contribution is 5.32. The van der Waals surface area contributed by atoms with Gasteiger partial charge in [-0.25, -0.2) is 13.8 Å². The Morgan fingerprint density at radius 1 is 1.35 bits per heavy atom. The number of benzene rings is 1. The molecule has 0 spiro atoms. The molecule has 0 aliphatic carbocycles. The maximum atomic E-state index is 13.8. The molecule has 1 aromatic carbocycles. The largest absolute Gasteiger partial charge is 0.382 e. The van der Waals surface area contributed by atoms with Crippen LogP contribution in [0.2, 0.25) is 0 Å². The molecule has 0 aliphatic heterocycles. The number of halogens is 2. The van der Waals surface area contributed by atoms with Gasteiger partial charge in [0.1, 0.15) is 17.7 Å². The first kappa shape index (κ1) is 11.7. The fourth-order valence-electron chi connectivity index (χ4n) is 1.65. The molecule has 2 aromatic rings. The highest BCUT2D eigenvalue weighted by atomic mass is 19.1. The monoisotopic (exact) mass is 238 g/mol. The zero-order chi connectivity index (χ0) is 12.6. The predicted molar refractivity (Wildman–Crippen MR) is 58.4 cm³/mol. The Morgan fingerprint density at radius 2 is 2.06 bits per heavy atom. The third kappa shape index (κ3) is 2.06. The summed E-state index contributed by atoms with van der Waals surface area (Å²) in [5.74, 6) is -1.51. The molecule has 0 amide bonds. The third-order valence-corrected chi connectivity index (χ3v) is 2.60. The summed E-state index contributed by atoms with van der Waals surface area (Å²) in [5, 5.41) is 9.94. The van der Waals surface area contributed by atoms with Gasteiger partial charge < -0.3 is 9.67 Å². The van der Waals surface area contributed by atoms with E-state index in [1.54, 1.807) is 11.6 Å². The van der Waals surface area contributed by atoms with Crippen molar-refractivity contribution in [2.24, 2.45) is 7.05 Å². The van der Waals surface area contributed by atoms with Crippen molar-refractivity contribution in [3.05, 3.63) is 53.1 Å². The van der Waals surface area contributed by atoms with E-state index in [2.05, 4.69) is 4.98 Å². The molecule has 0 bridgehead atoms. The second-order valence-electron chi connectivity index (χ2n) is 3.96. The maximum absolute atomic E-state index is 13.8. The van der Waals surface area contributed by atoms with E-state index in [4.69, 9.17) is 0 Å². The standard InChI is InChI=1S/C12H12F2N2O/c1-7-3-4-8(13)10(11(7)14)12(17)9-5-16(2)6-15-9/h3-6,12,17H,1-2H3. The molecule has 5 heteroatoms. The molecule has 1 atom stereocenters. The van der Waals surface area contributed by atoms with Gasteiger partial charge in [-0.15, -0.1) is 0 Å². The summed E-state index contributed by atoms with van der Waals surface area (Å²) in [5.41, 5.74) is 0.149.